The third kappa shape index (κ3) is 5.82. The minimum Gasteiger partial charge on any atom is -0.484 e. The van der Waals surface area contributed by atoms with Gasteiger partial charge in [0, 0.05) is 19.0 Å². The van der Waals surface area contributed by atoms with E-state index in [2.05, 4.69) is 10.1 Å². The molecule has 2 rings (SSSR count). The summed E-state index contributed by atoms with van der Waals surface area (Å²) in [6, 6.07) is 5.50. The fraction of sp³-hybridized carbons (Fsp3) is 0.529. The summed E-state index contributed by atoms with van der Waals surface area (Å²) in [6.07, 6.45) is -3.30. The summed E-state index contributed by atoms with van der Waals surface area (Å²) < 4.78 is 41.1. The highest BCUT2D eigenvalue weighted by Gasteiger charge is 2.28. The van der Waals surface area contributed by atoms with Gasteiger partial charge in [0.15, 0.2) is 6.61 Å². The molecule has 1 atom stereocenters. The molecule has 1 heterocycles. The number of amides is 3. The van der Waals surface area contributed by atoms with E-state index in [-0.39, 0.29) is 29.6 Å². The van der Waals surface area contributed by atoms with Crippen LogP contribution in [0.1, 0.15) is 31.4 Å². The van der Waals surface area contributed by atoms with Crippen LogP contribution in [0.15, 0.2) is 24.3 Å². The molecule has 0 radical (unpaired) electrons. The molecule has 1 aliphatic rings. The van der Waals surface area contributed by atoms with Gasteiger partial charge in [0.05, 0.1) is 6.04 Å². The number of alkyl halides is 3. The zero-order valence-electron chi connectivity index (χ0n) is 14.4. The number of nitrogens with zero attached hydrogens (tertiary/aromatic N) is 1. The molecule has 1 fully saturated rings. The molecule has 26 heavy (non-hydrogen) atoms. The average molecular weight is 373 g/mol. The molecule has 0 unspecified atom stereocenters. The predicted molar refractivity (Wildman–Crippen MR) is 88.4 cm³/mol. The number of hydrogen-bond acceptors (Lipinski definition) is 3. The van der Waals surface area contributed by atoms with Crippen molar-refractivity contribution >= 4 is 11.9 Å². The van der Waals surface area contributed by atoms with Gasteiger partial charge in [0.1, 0.15) is 5.75 Å². The number of benzene rings is 1. The number of piperidine rings is 1. The van der Waals surface area contributed by atoms with Crippen molar-refractivity contribution in [3.8, 4) is 5.75 Å². The SMILES string of the molecule is C[C@H](NC(=O)N1CCC(C(N)=O)CC1)c1ccc(OCC(F)(F)F)cc1. The number of rotatable bonds is 5. The number of likely N-dealkylation sites (tertiary alicyclic amines) is 1. The molecule has 6 nitrogen and oxygen atoms in total. The summed E-state index contributed by atoms with van der Waals surface area (Å²) in [5.41, 5.74) is 6.01. The smallest absolute Gasteiger partial charge is 0.422 e. The van der Waals surface area contributed by atoms with Crippen LogP contribution >= 0.6 is 0 Å². The maximum atomic E-state index is 12.3. The number of urea groups is 1. The van der Waals surface area contributed by atoms with Gasteiger partial charge < -0.3 is 20.7 Å². The van der Waals surface area contributed by atoms with Gasteiger partial charge in [-0.25, -0.2) is 4.79 Å². The van der Waals surface area contributed by atoms with Crippen LogP contribution in [0.3, 0.4) is 0 Å². The van der Waals surface area contributed by atoms with Crippen LogP contribution in [0.2, 0.25) is 0 Å². The second-order valence-corrected chi connectivity index (χ2v) is 6.31. The topological polar surface area (TPSA) is 84.7 Å². The molecule has 9 heteroatoms. The van der Waals surface area contributed by atoms with Crippen LogP contribution in [-0.2, 0) is 4.79 Å². The molecule has 1 aliphatic heterocycles. The maximum Gasteiger partial charge on any atom is 0.422 e. The Morgan fingerprint density at radius 2 is 1.85 bits per heavy atom. The molecule has 0 aromatic heterocycles. The summed E-state index contributed by atoms with van der Waals surface area (Å²) >= 11 is 0. The summed E-state index contributed by atoms with van der Waals surface area (Å²) in [4.78, 5) is 25.1. The molecule has 0 saturated carbocycles. The Balaban J connectivity index is 1.84. The molecule has 0 spiro atoms. The minimum absolute atomic E-state index is 0.109. The van der Waals surface area contributed by atoms with Crippen molar-refractivity contribution in [2.75, 3.05) is 19.7 Å². The Hall–Kier alpha value is -2.45. The van der Waals surface area contributed by atoms with Gasteiger partial charge in [0.25, 0.3) is 0 Å². The number of nitrogens with one attached hydrogen (secondary N) is 1. The van der Waals surface area contributed by atoms with Crippen LogP contribution in [0, 0.1) is 5.92 Å². The summed E-state index contributed by atoms with van der Waals surface area (Å²) in [7, 11) is 0. The molecule has 1 saturated heterocycles. The van der Waals surface area contributed by atoms with E-state index in [0.29, 0.717) is 25.9 Å². The molecule has 144 valence electrons. The van der Waals surface area contributed by atoms with Crippen LogP contribution in [0.25, 0.3) is 0 Å². The normalized spacial score (nSPS) is 16.8. The van der Waals surface area contributed by atoms with Crippen LogP contribution in [0.4, 0.5) is 18.0 Å². The van der Waals surface area contributed by atoms with E-state index in [0.717, 1.165) is 5.56 Å². The molecule has 3 N–H and O–H groups in total. The minimum atomic E-state index is -4.39. The number of hydrogen-bond donors (Lipinski definition) is 2. The van der Waals surface area contributed by atoms with Crippen molar-refractivity contribution in [3.05, 3.63) is 29.8 Å². The van der Waals surface area contributed by atoms with Gasteiger partial charge >= 0.3 is 12.2 Å². The lowest BCUT2D eigenvalue weighted by Gasteiger charge is -2.31. The van der Waals surface area contributed by atoms with Gasteiger partial charge in [-0.2, -0.15) is 13.2 Å². The maximum absolute atomic E-state index is 12.3. The fourth-order valence-electron chi connectivity index (χ4n) is 2.74. The molecular weight excluding hydrogens is 351 g/mol. The van der Waals surface area contributed by atoms with Gasteiger partial charge in [-0.3, -0.25) is 4.79 Å². The first-order chi connectivity index (χ1) is 12.2. The number of carbonyl (C=O) groups is 2. The van der Waals surface area contributed by atoms with E-state index >= 15 is 0 Å². The lowest BCUT2D eigenvalue weighted by Crippen LogP contribution is -2.46. The van der Waals surface area contributed by atoms with E-state index in [4.69, 9.17) is 5.73 Å². The highest BCUT2D eigenvalue weighted by atomic mass is 19.4. The molecule has 0 aliphatic carbocycles. The lowest BCUT2D eigenvalue weighted by molar-refractivity contribution is -0.153. The fourth-order valence-corrected chi connectivity index (χ4v) is 2.74. The summed E-state index contributed by atoms with van der Waals surface area (Å²) in [5, 5.41) is 2.84. The highest BCUT2D eigenvalue weighted by molar-refractivity contribution is 5.78. The third-order valence-electron chi connectivity index (χ3n) is 4.31. The Labute approximate surface area is 149 Å². The zero-order valence-corrected chi connectivity index (χ0v) is 14.4. The van der Waals surface area contributed by atoms with E-state index in [1.807, 2.05) is 0 Å². The van der Waals surface area contributed by atoms with Crippen LogP contribution in [-0.4, -0.2) is 42.7 Å². The first-order valence-electron chi connectivity index (χ1n) is 8.30. The summed E-state index contributed by atoms with van der Waals surface area (Å²) in [5.74, 6) is -0.426. The average Bonchev–Trinajstić information content (AvgIpc) is 2.59. The molecule has 1 aromatic rings. The Bertz CT molecular complexity index is 626. The Morgan fingerprint density at radius 1 is 1.27 bits per heavy atom. The molecule has 3 amide bonds. The van der Waals surface area contributed by atoms with Gasteiger partial charge in [-0.05, 0) is 37.5 Å². The summed E-state index contributed by atoms with van der Waals surface area (Å²) in [6.45, 7) is 1.34. The van der Waals surface area contributed by atoms with Crippen molar-refractivity contribution in [2.24, 2.45) is 11.7 Å². The van der Waals surface area contributed by atoms with E-state index < -0.39 is 12.8 Å². The second-order valence-electron chi connectivity index (χ2n) is 6.31. The van der Waals surface area contributed by atoms with Crippen molar-refractivity contribution < 1.29 is 27.5 Å². The zero-order chi connectivity index (χ0) is 19.3. The molecular formula is C17H22F3N3O3. The number of nitrogens with two attached hydrogens (primary N) is 1. The number of halogens is 3. The monoisotopic (exact) mass is 373 g/mol. The van der Waals surface area contributed by atoms with Crippen molar-refractivity contribution in [1.82, 2.24) is 10.2 Å². The Kier molecular flexibility index (Phi) is 6.33. The van der Waals surface area contributed by atoms with E-state index in [1.165, 1.54) is 12.1 Å². The molecule has 1 aromatic carbocycles. The van der Waals surface area contributed by atoms with Crippen molar-refractivity contribution in [2.45, 2.75) is 32.0 Å². The first-order valence-corrected chi connectivity index (χ1v) is 8.30. The van der Waals surface area contributed by atoms with E-state index in [9.17, 15) is 22.8 Å². The van der Waals surface area contributed by atoms with Crippen LogP contribution in [0.5, 0.6) is 5.75 Å². The van der Waals surface area contributed by atoms with Gasteiger partial charge in [-0.1, -0.05) is 12.1 Å². The quantitative estimate of drug-likeness (QED) is 0.832. The predicted octanol–water partition coefficient (Wildman–Crippen LogP) is 2.60. The van der Waals surface area contributed by atoms with Gasteiger partial charge in [-0.15, -0.1) is 0 Å². The number of primary amides is 1. The van der Waals surface area contributed by atoms with Crippen LogP contribution < -0.4 is 15.8 Å². The number of ether oxygens (including phenoxy) is 1. The van der Waals surface area contributed by atoms with Crippen molar-refractivity contribution in [1.29, 1.82) is 0 Å². The first kappa shape index (κ1) is 19.9. The standard InChI is InChI=1S/C17H22F3N3O3/c1-11(12-2-4-14(5-3-12)26-10-17(18,19)20)22-16(25)23-8-6-13(7-9-23)15(21)24/h2-5,11,13H,6-10H2,1H3,(H2,21,24)(H,22,25)/t11-/m0/s1. The van der Waals surface area contributed by atoms with Gasteiger partial charge in [0.2, 0.25) is 5.91 Å². The third-order valence-corrected chi connectivity index (χ3v) is 4.31. The Morgan fingerprint density at radius 3 is 2.35 bits per heavy atom. The number of carbonyl (C=O) groups excluding carboxylic acids is 2. The van der Waals surface area contributed by atoms with Crippen molar-refractivity contribution in [3.63, 3.8) is 0 Å². The lowest BCUT2D eigenvalue weighted by atomic mass is 9.96. The highest BCUT2D eigenvalue weighted by Crippen LogP contribution is 2.22. The second kappa shape index (κ2) is 8.29. The van der Waals surface area contributed by atoms with E-state index in [1.54, 1.807) is 24.0 Å². The largest absolute Gasteiger partial charge is 0.484 e. The molecule has 0 bridgehead atoms.